The summed E-state index contributed by atoms with van der Waals surface area (Å²) < 4.78 is 5.84. The summed E-state index contributed by atoms with van der Waals surface area (Å²) in [5.74, 6) is 1.43. The van der Waals surface area contributed by atoms with E-state index in [1.807, 2.05) is 41.3 Å². The lowest BCUT2D eigenvalue weighted by Crippen LogP contribution is -2.49. The average Bonchev–Trinajstić information content (AvgIpc) is 2.75. The van der Waals surface area contributed by atoms with Crippen molar-refractivity contribution in [3.8, 4) is 0 Å². The number of carbonyl (C=O) groups excluding carboxylic acids is 1. The minimum atomic E-state index is 0.0282. The van der Waals surface area contributed by atoms with Gasteiger partial charge in [0.15, 0.2) is 5.76 Å². The van der Waals surface area contributed by atoms with Crippen molar-refractivity contribution in [2.24, 2.45) is 0 Å². The number of amides is 1. The summed E-state index contributed by atoms with van der Waals surface area (Å²) in [6, 6.07) is 20.6. The highest BCUT2D eigenvalue weighted by atomic mass is 32.2. The Bertz CT molecular complexity index is 800. The Morgan fingerprint density at radius 1 is 0.926 bits per heavy atom. The maximum Gasteiger partial charge on any atom is 0.290 e. The minimum absolute atomic E-state index is 0.0282. The Labute approximate surface area is 164 Å². The molecule has 0 atom stereocenters. The maximum absolute atomic E-state index is 13.1. The molecule has 0 N–H and O–H groups in total. The number of piperazine rings is 1. The standard InChI is InChI=1S/C22H24N2O2S/c25-22(20-21(27-16-15-26-20)19-9-5-2-6-10-19)24-13-11-23(12-14-24)17-18-7-3-1-4-8-18/h1-10H,11-17H2. The summed E-state index contributed by atoms with van der Waals surface area (Å²) in [4.78, 5) is 18.4. The molecule has 0 radical (unpaired) electrons. The summed E-state index contributed by atoms with van der Waals surface area (Å²) in [6.07, 6.45) is 0. The third kappa shape index (κ3) is 4.37. The summed E-state index contributed by atoms with van der Waals surface area (Å²) in [5, 5.41) is 0. The summed E-state index contributed by atoms with van der Waals surface area (Å²) in [7, 11) is 0. The largest absolute Gasteiger partial charge is 0.486 e. The molecule has 0 aliphatic carbocycles. The monoisotopic (exact) mass is 380 g/mol. The smallest absolute Gasteiger partial charge is 0.290 e. The van der Waals surface area contributed by atoms with Gasteiger partial charge in [-0.3, -0.25) is 9.69 Å². The number of ether oxygens (including phenoxy) is 1. The van der Waals surface area contributed by atoms with Crippen LogP contribution in [-0.4, -0.2) is 54.2 Å². The lowest BCUT2D eigenvalue weighted by atomic mass is 10.1. The van der Waals surface area contributed by atoms with Crippen molar-refractivity contribution in [1.82, 2.24) is 9.80 Å². The van der Waals surface area contributed by atoms with Gasteiger partial charge in [-0.1, -0.05) is 60.7 Å². The molecule has 0 saturated carbocycles. The first kappa shape index (κ1) is 18.1. The molecule has 2 aliphatic heterocycles. The van der Waals surface area contributed by atoms with Crippen LogP contribution < -0.4 is 0 Å². The van der Waals surface area contributed by atoms with Crippen LogP contribution in [0.4, 0.5) is 0 Å². The average molecular weight is 381 g/mol. The van der Waals surface area contributed by atoms with Crippen LogP contribution in [0, 0.1) is 0 Å². The molecule has 5 heteroatoms. The fraction of sp³-hybridized carbons (Fsp3) is 0.318. The third-order valence-electron chi connectivity index (χ3n) is 4.92. The lowest BCUT2D eigenvalue weighted by Gasteiger charge is -2.35. The molecule has 0 unspecified atom stereocenters. The van der Waals surface area contributed by atoms with E-state index in [-0.39, 0.29) is 5.91 Å². The highest BCUT2D eigenvalue weighted by molar-refractivity contribution is 8.08. The SMILES string of the molecule is O=C(C1=C(c2ccccc2)SCCO1)N1CCN(Cc2ccccc2)CC1. The topological polar surface area (TPSA) is 32.8 Å². The van der Waals surface area contributed by atoms with E-state index < -0.39 is 0 Å². The molecular weight excluding hydrogens is 356 g/mol. The van der Waals surface area contributed by atoms with E-state index in [1.165, 1.54) is 5.56 Å². The van der Waals surface area contributed by atoms with Crippen LogP contribution in [-0.2, 0) is 16.1 Å². The second-order valence-electron chi connectivity index (χ2n) is 6.78. The fourth-order valence-corrected chi connectivity index (χ4v) is 4.43. The zero-order chi connectivity index (χ0) is 18.5. The number of rotatable bonds is 4. The van der Waals surface area contributed by atoms with Crippen molar-refractivity contribution < 1.29 is 9.53 Å². The first-order valence-corrected chi connectivity index (χ1v) is 10.4. The molecule has 1 amide bonds. The molecule has 140 valence electrons. The number of nitrogens with zero attached hydrogens (tertiary/aromatic N) is 2. The minimum Gasteiger partial charge on any atom is -0.486 e. The van der Waals surface area contributed by atoms with Crippen LogP contribution in [0.25, 0.3) is 4.91 Å². The van der Waals surface area contributed by atoms with E-state index in [1.54, 1.807) is 11.8 Å². The van der Waals surface area contributed by atoms with Gasteiger partial charge in [0.25, 0.3) is 5.91 Å². The van der Waals surface area contributed by atoms with Gasteiger partial charge >= 0.3 is 0 Å². The van der Waals surface area contributed by atoms with Crippen molar-refractivity contribution in [2.45, 2.75) is 6.54 Å². The van der Waals surface area contributed by atoms with Gasteiger partial charge in [-0.2, -0.15) is 0 Å². The number of benzene rings is 2. The molecular formula is C22H24N2O2S. The quantitative estimate of drug-likeness (QED) is 0.813. The molecule has 4 rings (SSSR count). The zero-order valence-corrected chi connectivity index (χ0v) is 16.2. The second-order valence-corrected chi connectivity index (χ2v) is 7.88. The summed E-state index contributed by atoms with van der Waals surface area (Å²) in [6.45, 7) is 4.79. The number of thioether (sulfide) groups is 1. The highest BCUT2D eigenvalue weighted by Crippen LogP contribution is 2.35. The van der Waals surface area contributed by atoms with Crippen LogP contribution in [0.5, 0.6) is 0 Å². The van der Waals surface area contributed by atoms with E-state index in [0.717, 1.165) is 48.9 Å². The number of hydrogen-bond donors (Lipinski definition) is 0. The predicted molar refractivity (Wildman–Crippen MR) is 110 cm³/mol. The molecule has 0 aromatic heterocycles. The first-order valence-electron chi connectivity index (χ1n) is 9.42. The van der Waals surface area contributed by atoms with Gasteiger partial charge in [0.05, 0.1) is 11.5 Å². The van der Waals surface area contributed by atoms with Crippen LogP contribution in [0.2, 0.25) is 0 Å². The molecule has 4 nitrogen and oxygen atoms in total. The lowest BCUT2D eigenvalue weighted by molar-refractivity contribution is -0.132. The van der Waals surface area contributed by atoms with Crippen LogP contribution >= 0.6 is 11.8 Å². The predicted octanol–water partition coefficient (Wildman–Crippen LogP) is 3.46. The Morgan fingerprint density at radius 2 is 1.59 bits per heavy atom. The van der Waals surface area contributed by atoms with E-state index in [0.29, 0.717) is 12.4 Å². The molecule has 2 heterocycles. The van der Waals surface area contributed by atoms with Crippen LogP contribution in [0.1, 0.15) is 11.1 Å². The van der Waals surface area contributed by atoms with Crippen molar-refractivity contribution in [1.29, 1.82) is 0 Å². The van der Waals surface area contributed by atoms with Gasteiger partial charge in [-0.25, -0.2) is 0 Å². The first-order chi connectivity index (χ1) is 13.3. The molecule has 1 saturated heterocycles. The fourth-order valence-electron chi connectivity index (χ4n) is 3.48. The van der Waals surface area contributed by atoms with Crippen molar-refractivity contribution >= 4 is 22.6 Å². The van der Waals surface area contributed by atoms with Gasteiger partial charge < -0.3 is 9.64 Å². The van der Waals surface area contributed by atoms with Gasteiger partial charge in [0.2, 0.25) is 0 Å². The Morgan fingerprint density at radius 3 is 2.30 bits per heavy atom. The van der Waals surface area contributed by atoms with Gasteiger partial charge in [0.1, 0.15) is 0 Å². The van der Waals surface area contributed by atoms with Crippen molar-refractivity contribution in [3.05, 3.63) is 77.5 Å². The van der Waals surface area contributed by atoms with Gasteiger partial charge in [-0.05, 0) is 11.1 Å². The van der Waals surface area contributed by atoms with E-state index in [2.05, 4.69) is 29.2 Å². The summed E-state index contributed by atoms with van der Waals surface area (Å²) in [5.41, 5.74) is 2.38. The zero-order valence-electron chi connectivity index (χ0n) is 15.3. The van der Waals surface area contributed by atoms with Crippen LogP contribution in [0.15, 0.2) is 66.4 Å². The molecule has 0 bridgehead atoms. The number of carbonyl (C=O) groups is 1. The van der Waals surface area contributed by atoms with E-state index >= 15 is 0 Å². The Kier molecular flexibility index (Phi) is 5.80. The normalized spacial score (nSPS) is 18.3. The van der Waals surface area contributed by atoms with E-state index in [9.17, 15) is 4.79 Å². The Balaban J connectivity index is 1.43. The molecule has 27 heavy (non-hydrogen) atoms. The molecule has 0 spiro atoms. The van der Waals surface area contributed by atoms with Crippen LogP contribution in [0.3, 0.4) is 0 Å². The molecule has 2 aliphatic rings. The highest BCUT2D eigenvalue weighted by Gasteiger charge is 2.29. The third-order valence-corrected chi connectivity index (χ3v) is 6.00. The molecule has 2 aromatic carbocycles. The van der Waals surface area contributed by atoms with Crippen molar-refractivity contribution in [2.75, 3.05) is 38.5 Å². The van der Waals surface area contributed by atoms with E-state index in [4.69, 9.17) is 4.74 Å². The van der Waals surface area contributed by atoms with Crippen molar-refractivity contribution in [3.63, 3.8) is 0 Å². The number of hydrogen-bond acceptors (Lipinski definition) is 4. The Hall–Kier alpha value is -2.24. The van der Waals surface area contributed by atoms with Gasteiger partial charge in [0, 0.05) is 38.5 Å². The second kappa shape index (κ2) is 8.63. The van der Waals surface area contributed by atoms with Gasteiger partial charge in [-0.15, -0.1) is 11.8 Å². The molecule has 2 aromatic rings. The molecule has 1 fully saturated rings. The maximum atomic E-state index is 13.1. The summed E-state index contributed by atoms with van der Waals surface area (Å²) >= 11 is 1.72.